The highest BCUT2D eigenvalue weighted by Gasteiger charge is 2.13. The standard InChI is InChI=1S/C12H9N3O3/c1-14-9(16)7-10-15(12(14)17)11(13-18-10)8-5-3-2-4-6-8/h2-7H,1H3. The van der Waals surface area contributed by atoms with E-state index in [4.69, 9.17) is 4.52 Å². The van der Waals surface area contributed by atoms with Gasteiger partial charge in [0.2, 0.25) is 5.71 Å². The van der Waals surface area contributed by atoms with Crippen LogP contribution < -0.4 is 11.2 Å². The highest BCUT2D eigenvalue weighted by Crippen LogP contribution is 2.16. The van der Waals surface area contributed by atoms with Crippen molar-refractivity contribution < 1.29 is 4.52 Å². The Morgan fingerprint density at radius 1 is 1.17 bits per heavy atom. The topological polar surface area (TPSA) is 69.5 Å². The first kappa shape index (κ1) is 10.5. The molecule has 2 heterocycles. The molecule has 0 radical (unpaired) electrons. The van der Waals surface area contributed by atoms with Crippen LogP contribution >= 0.6 is 0 Å². The molecule has 0 aliphatic carbocycles. The molecular formula is C12H9N3O3. The van der Waals surface area contributed by atoms with E-state index in [2.05, 4.69) is 5.16 Å². The van der Waals surface area contributed by atoms with Crippen LogP contribution in [0.5, 0.6) is 0 Å². The Morgan fingerprint density at radius 3 is 2.61 bits per heavy atom. The van der Waals surface area contributed by atoms with Gasteiger partial charge >= 0.3 is 5.69 Å². The van der Waals surface area contributed by atoms with Gasteiger partial charge in [-0.2, -0.15) is 0 Å². The summed E-state index contributed by atoms with van der Waals surface area (Å²) >= 11 is 0. The predicted molar refractivity (Wildman–Crippen MR) is 64.4 cm³/mol. The Labute approximate surface area is 101 Å². The van der Waals surface area contributed by atoms with Gasteiger partial charge in [-0.15, -0.1) is 0 Å². The van der Waals surface area contributed by atoms with Crippen LogP contribution in [-0.2, 0) is 7.05 Å². The number of aromatic nitrogens is 3. The maximum absolute atomic E-state index is 12.0. The molecule has 0 bridgehead atoms. The molecule has 18 heavy (non-hydrogen) atoms. The zero-order valence-corrected chi connectivity index (χ0v) is 9.53. The molecule has 1 aromatic carbocycles. The zero-order valence-electron chi connectivity index (χ0n) is 9.53. The minimum Gasteiger partial charge on any atom is -0.335 e. The molecule has 0 unspecified atom stereocenters. The van der Waals surface area contributed by atoms with Crippen LogP contribution in [0.3, 0.4) is 0 Å². The van der Waals surface area contributed by atoms with Crippen LogP contribution in [0, 0.1) is 0 Å². The van der Waals surface area contributed by atoms with Crippen LogP contribution in [0.15, 0.2) is 50.5 Å². The number of nitrogens with zero attached hydrogens (tertiary/aromatic N) is 3. The fraction of sp³-hybridized carbons (Fsp3) is 0.0833. The lowest BCUT2D eigenvalue weighted by molar-refractivity contribution is 0.455. The summed E-state index contributed by atoms with van der Waals surface area (Å²) in [5.41, 5.74) is -0.00711. The van der Waals surface area contributed by atoms with Gasteiger partial charge in [0, 0.05) is 12.6 Å². The molecule has 0 aliphatic rings. The lowest BCUT2D eigenvalue weighted by Gasteiger charge is -1.99. The van der Waals surface area contributed by atoms with Gasteiger partial charge in [-0.05, 0) is 0 Å². The number of fused-ring (bicyclic) bond motifs is 1. The van der Waals surface area contributed by atoms with Crippen LogP contribution in [-0.4, -0.2) is 14.1 Å². The second kappa shape index (κ2) is 3.69. The van der Waals surface area contributed by atoms with Gasteiger partial charge < -0.3 is 4.52 Å². The van der Waals surface area contributed by atoms with Crippen molar-refractivity contribution in [3.05, 3.63) is 57.2 Å². The molecule has 6 heteroatoms. The molecule has 0 atom stereocenters. The molecule has 3 aromatic rings. The minimum absolute atomic E-state index is 0.141. The molecule has 0 spiro atoms. The quantitative estimate of drug-likeness (QED) is 0.629. The lowest BCUT2D eigenvalue weighted by atomic mass is 10.2. The van der Waals surface area contributed by atoms with Crippen LogP contribution in [0.1, 0.15) is 0 Å². The summed E-state index contributed by atoms with van der Waals surface area (Å²) < 4.78 is 7.30. The summed E-state index contributed by atoms with van der Waals surface area (Å²) in [6, 6.07) is 10.4. The van der Waals surface area contributed by atoms with E-state index in [0.717, 1.165) is 10.1 Å². The zero-order chi connectivity index (χ0) is 12.7. The fourth-order valence-corrected chi connectivity index (χ4v) is 1.77. The molecule has 90 valence electrons. The third kappa shape index (κ3) is 1.39. The molecule has 2 aromatic heterocycles. The Hall–Kier alpha value is -2.63. The molecule has 6 nitrogen and oxygen atoms in total. The van der Waals surface area contributed by atoms with Gasteiger partial charge in [0.15, 0.2) is 5.82 Å². The first-order valence-electron chi connectivity index (χ1n) is 5.32. The average molecular weight is 243 g/mol. The molecule has 0 aliphatic heterocycles. The number of hydrogen-bond acceptors (Lipinski definition) is 4. The molecule has 0 saturated heterocycles. The lowest BCUT2D eigenvalue weighted by Crippen LogP contribution is -2.34. The van der Waals surface area contributed by atoms with Gasteiger partial charge in [0.1, 0.15) is 0 Å². The van der Waals surface area contributed by atoms with Crippen molar-refractivity contribution in [1.29, 1.82) is 0 Å². The van der Waals surface area contributed by atoms with Crippen molar-refractivity contribution in [3.8, 4) is 11.4 Å². The van der Waals surface area contributed by atoms with Crippen LogP contribution in [0.4, 0.5) is 0 Å². The molecule has 0 fully saturated rings. The van der Waals surface area contributed by atoms with Gasteiger partial charge in [-0.3, -0.25) is 9.36 Å². The maximum Gasteiger partial charge on any atom is 0.339 e. The molecule has 0 amide bonds. The average Bonchev–Trinajstić information content (AvgIpc) is 2.81. The summed E-state index contributed by atoms with van der Waals surface area (Å²) in [6.07, 6.45) is 0. The Bertz CT molecular complexity index is 827. The van der Waals surface area contributed by atoms with Gasteiger partial charge in [0.05, 0.1) is 6.07 Å². The third-order valence-corrected chi connectivity index (χ3v) is 2.75. The van der Waals surface area contributed by atoms with E-state index < -0.39 is 11.2 Å². The van der Waals surface area contributed by atoms with E-state index >= 15 is 0 Å². The minimum atomic E-state index is -0.474. The smallest absolute Gasteiger partial charge is 0.335 e. The summed E-state index contributed by atoms with van der Waals surface area (Å²) in [6.45, 7) is 0. The summed E-state index contributed by atoms with van der Waals surface area (Å²) in [7, 11) is 1.42. The summed E-state index contributed by atoms with van der Waals surface area (Å²) in [5, 5.41) is 3.84. The van der Waals surface area contributed by atoms with E-state index in [9.17, 15) is 9.59 Å². The van der Waals surface area contributed by atoms with Gasteiger partial charge in [-0.25, -0.2) is 9.20 Å². The second-order valence-electron chi connectivity index (χ2n) is 3.87. The van der Waals surface area contributed by atoms with Gasteiger partial charge in [-0.1, -0.05) is 35.5 Å². The molecule has 3 rings (SSSR count). The highest BCUT2D eigenvalue weighted by molar-refractivity contribution is 5.57. The molecule has 0 saturated carbocycles. The predicted octanol–water partition coefficient (Wildman–Crippen LogP) is 0.653. The molecule has 0 N–H and O–H groups in total. The number of rotatable bonds is 1. The number of hydrogen-bond donors (Lipinski definition) is 0. The van der Waals surface area contributed by atoms with Crippen molar-refractivity contribution in [1.82, 2.24) is 14.1 Å². The van der Waals surface area contributed by atoms with Gasteiger partial charge in [0.25, 0.3) is 5.56 Å². The highest BCUT2D eigenvalue weighted by atomic mass is 16.5. The second-order valence-corrected chi connectivity index (χ2v) is 3.87. The van der Waals surface area contributed by atoms with Crippen LogP contribution in [0.25, 0.3) is 17.1 Å². The SMILES string of the molecule is Cn1c(=O)cc2onc(-c3ccccc3)n2c1=O. The van der Waals surface area contributed by atoms with Crippen molar-refractivity contribution in [3.63, 3.8) is 0 Å². The first-order chi connectivity index (χ1) is 8.68. The van der Waals surface area contributed by atoms with E-state index in [1.165, 1.54) is 17.5 Å². The summed E-state index contributed by atoms with van der Waals surface area (Å²) in [5.74, 6) is 0.381. The monoisotopic (exact) mass is 243 g/mol. The Morgan fingerprint density at radius 2 is 1.89 bits per heavy atom. The largest absolute Gasteiger partial charge is 0.339 e. The third-order valence-electron chi connectivity index (χ3n) is 2.75. The Balaban J connectivity index is 2.44. The Kier molecular flexibility index (Phi) is 2.16. The van der Waals surface area contributed by atoms with Crippen molar-refractivity contribution >= 4 is 5.71 Å². The van der Waals surface area contributed by atoms with Crippen molar-refractivity contribution in [2.75, 3.05) is 0 Å². The van der Waals surface area contributed by atoms with E-state index in [-0.39, 0.29) is 5.71 Å². The summed E-state index contributed by atoms with van der Waals surface area (Å²) in [4.78, 5) is 23.5. The van der Waals surface area contributed by atoms with Crippen molar-refractivity contribution in [2.24, 2.45) is 7.05 Å². The van der Waals surface area contributed by atoms with E-state index in [1.807, 2.05) is 30.3 Å². The van der Waals surface area contributed by atoms with E-state index in [1.54, 1.807) is 0 Å². The molecular weight excluding hydrogens is 234 g/mol. The number of benzene rings is 1. The first-order valence-corrected chi connectivity index (χ1v) is 5.32. The fourth-order valence-electron chi connectivity index (χ4n) is 1.77. The van der Waals surface area contributed by atoms with E-state index in [0.29, 0.717) is 5.82 Å². The maximum atomic E-state index is 12.0. The normalized spacial score (nSPS) is 10.9. The van der Waals surface area contributed by atoms with Crippen molar-refractivity contribution in [2.45, 2.75) is 0 Å². The van der Waals surface area contributed by atoms with Crippen LogP contribution in [0.2, 0.25) is 0 Å².